The zero-order valence-corrected chi connectivity index (χ0v) is 20.0. The summed E-state index contributed by atoms with van der Waals surface area (Å²) >= 11 is 12.4. The number of hydrogen-bond donors (Lipinski definition) is 2. The average Bonchev–Trinajstić information content (AvgIpc) is 3.27. The number of anilines is 1. The van der Waals surface area contributed by atoms with Gasteiger partial charge in [0.25, 0.3) is 0 Å². The summed E-state index contributed by atoms with van der Waals surface area (Å²) in [4.78, 5) is 10.6. The highest BCUT2D eigenvalue weighted by Crippen LogP contribution is 2.42. The van der Waals surface area contributed by atoms with Gasteiger partial charge in [-0.1, -0.05) is 47.5 Å². The zero-order chi connectivity index (χ0) is 24.0. The van der Waals surface area contributed by atoms with E-state index < -0.39 is 11.8 Å². The Bertz CT molecular complexity index is 1400. The van der Waals surface area contributed by atoms with E-state index in [9.17, 15) is 10.2 Å². The van der Waals surface area contributed by atoms with Crippen LogP contribution in [0, 0.1) is 0 Å². The van der Waals surface area contributed by atoms with Crippen molar-refractivity contribution in [1.29, 1.82) is 0 Å². The maximum atomic E-state index is 12.2. The van der Waals surface area contributed by atoms with Crippen LogP contribution >= 0.6 is 23.2 Å². The van der Waals surface area contributed by atoms with Gasteiger partial charge in [0, 0.05) is 29.7 Å². The van der Waals surface area contributed by atoms with Crippen molar-refractivity contribution in [3.05, 3.63) is 118 Å². The number of halogens is 2. The van der Waals surface area contributed by atoms with E-state index in [4.69, 9.17) is 23.2 Å². The summed E-state index contributed by atoms with van der Waals surface area (Å²) in [6.45, 7) is 0. The summed E-state index contributed by atoms with van der Waals surface area (Å²) in [6, 6.07) is 16.3. The van der Waals surface area contributed by atoms with Crippen LogP contribution in [0.1, 0.15) is 28.1 Å². The first kappa shape index (κ1) is 22.6. The van der Waals surface area contributed by atoms with Crippen molar-refractivity contribution in [3.8, 4) is 0 Å². The highest BCUT2D eigenvalue weighted by Gasteiger charge is 2.39. The summed E-state index contributed by atoms with van der Waals surface area (Å²) in [6.07, 6.45) is 5.86. The predicted octanol–water partition coefficient (Wildman–Crippen LogP) is 4.61. The lowest BCUT2D eigenvalue weighted by Crippen LogP contribution is -2.35. The van der Waals surface area contributed by atoms with Gasteiger partial charge >= 0.3 is 0 Å². The standard InChI is InChI=1S/C26H22Cl2N4O2/c1-31-15-29-14-24(31)26(34,17-6-8-18(27)9-7-17)23-11-21-20(16-4-3-5-19(28)10-16)12-25(33)32(2)22(21)13-30-23/h3-15,25,33-34H,1-2H3. The number of rotatable bonds is 4. The van der Waals surface area contributed by atoms with Crippen LogP contribution in [0.25, 0.3) is 5.57 Å². The first-order chi connectivity index (χ1) is 16.3. The second kappa shape index (κ2) is 8.56. The van der Waals surface area contributed by atoms with Crippen molar-refractivity contribution >= 4 is 34.5 Å². The molecule has 3 heterocycles. The van der Waals surface area contributed by atoms with Crippen molar-refractivity contribution < 1.29 is 10.2 Å². The molecule has 0 amide bonds. The van der Waals surface area contributed by atoms with Gasteiger partial charge in [0.05, 0.1) is 35.8 Å². The Morgan fingerprint density at radius 3 is 2.41 bits per heavy atom. The molecule has 34 heavy (non-hydrogen) atoms. The Morgan fingerprint density at radius 2 is 1.74 bits per heavy atom. The maximum absolute atomic E-state index is 12.2. The number of nitrogens with zero attached hydrogens (tertiary/aromatic N) is 4. The van der Waals surface area contributed by atoms with Gasteiger partial charge in [0.1, 0.15) is 6.23 Å². The lowest BCUT2D eigenvalue weighted by Gasteiger charge is -2.34. The third-order valence-corrected chi connectivity index (χ3v) is 6.71. The normalized spacial score (nSPS) is 17.2. The van der Waals surface area contributed by atoms with Crippen LogP contribution in [0.3, 0.4) is 0 Å². The smallest absolute Gasteiger partial charge is 0.173 e. The molecular formula is C26H22Cl2N4O2. The van der Waals surface area contributed by atoms with E-state index in [0.717, 1.165) is 22.4 Å². The van der Waals surface area contributed by atoms with Crippen molar-refractivity contribution in [2.24, 2.45) is 7.05 Å². The van der Waals surface area contributed by atoms with E-state index in [1.54, 1.807) is 71.6 Å². The van der Waals surface area contributed by atoms with Crippen LogP contribution in [0.15, 0.2) is 79.4 Å². The zero-order valence-electron chi connectivity index (χ0n) is 18.5. The summed E-state index contributed by atoms with van der Waals surface area (Å²) in [5.41, 5.74) is 3.18. The number of aliphatic hydroxyl groups is 2. The molecule has 4 aromatic rings. The lowest BCUT2D eigenvalue weighted by atomic mass is 9.84. The molecule has 6 nitrogen and oxygen atoms in total. The number of hydrogen-bond acceptors (Lipinski definition) is 5. The second-order valence-corrected chi connectivity index (χ2v) is 9.18. The SMILES string of the molecule is CN1c2cnc(C(O)(c3ccc(Cl)cc3)c3cncn3C)cc2C(c2cccc(Cl)c2)=CC1O. The first-order valence-corrected chi connectivity index (χ1v) is 11.4. The monoisotopic (exact) mass is 492 g/mol. The minimum atomic E-state index is -1.60. The number of likely N-dealkylation sites (N-methyl/N-ethyl adjacent to an activating group) is 1. The van der Waals surface area contributed by atoms with Crippen LogP contribution < -0.4 is 4.90 Å². The Morgan fingerprint density at radius 1 is 0.971 bits per heavy atom. The highest BCUT2D eigenvalue weighted by atomic mass is 35.5. The van der Waals surface area contributed by atoms with E-state index in [1.165, 1.54) is 0 Å². The maximum Gasteiger partial charge on any atom is 0.173 e. The molecular weight excluding hydrogens is 471 g/mol. The molecule has 0 bridgehead atoms. The molecule has 2 aromatic heterocycles. The van der Waals surface area contributed by atoms with Crippen molar-refractivity contribution in [3.63, 3.8) is 0 Å². The summed E-state index contributed by atoms with van der Waals surface area (Å²) in [5, 5.41) is 24.1. The minimum absolute atomic E-state index is 0.412. The molecule has 0 aliphatic carbocycles. The van der Waals surface area contributed by atoms with Crippen LogP contribution in [0.2, 0.25) is 10.0 Å². The summed E-state index contributed by atoms with van der Waals surface area (Å²) in [7, 11) is 3.62. The molecule has 0 spiro atoms. The molecule has 2 atom stereocenters. The number of imidazole rings is 1. The van der Waals surface area contributed by atoms with Gasteiger partial charge in [-0.05, 0) is 53.1 Å². The first-order valence-electron chi connectivity index (χ1n) is 10.6. The van der Waals surface area contributed by atoms with Gasteiger partial charge in [0.15, 0.2) is 5.60 Å². The Kier molecular flexibility index (Phi) is 5.70. The lowest BCUT2D eigenvalue weighted by molar-refractivity contribution is 0.112. The molecule has 2 aromatic carbocycles. The van der Waals surface area contributed by atoms with Gasteiger partial charge in [-0.15, -0.1) is 0 Å². The van der Waals surface area contributed by atoms with Gasteiger partial charge in [-0.3, -0.25) is 4.98 Å². The van der Waals surface area contributed by atoms with E-state index in [0.29, 0.717) is 27.0 Å². The molecule has 5 rings (SSSR count). The fraction of sp³-hybridized carbons (Fsp3) is 0.154. The number of aryl methyl sites for hydroxylation is 1. The predicted molar refractivity (Wildman–Crippen MR) is 134 cm³/mol. The number of fused-ring (bicyclic) bond motifs is 1. The summed E-state index contributed by atoms with van der Waals surface area (Å²) in [5.74, 6) is 0. The molecule has 0 saturated carbocycles. The molecule has 0 radical (unpaired) electrons. The van der Waals surface area contributed by atoms with Gasteiger partial charge in [-0.2, -0.15) is 0 Å². The van der Waals surface area contributed by atoms with Crippen LogP contribution in [0.5, 0.6) is 0 Å². The second-order valence-electron chi connectivity index (χ2n) is 8.31. The van der Waals surface area contributed by atoms with Crippen molar-refractivity contribution in [1.82, 2.24) is 14.5 Å². The van der Waals surface area contributed by atoms with Gasteiger partial charge in [0.2, 0.25) is 0 Å². The van der Waals surface area contributed by atoms with Crippen LogP contribution in [-0.4, -0.2) is 38.0 Å². The molecule has 0 fully saturated rings. The molecule has 2 N–H and O–H groups in total. The van der Waals surface area contributed by atoms with Crippen molar-refractivity contribution in [2.45, 2.75) is 11.8 Å². The third kappa shape index (κ3) is 3.69. The molecule has 172 valence electrons. The Hall–Kier alpha value is -3.16. The van der Waals surface area contributed by atoms with Crippen molar-refractivity contribution in [2.75, 3.05) is 11.9 Å². The highest BCUT2D eigenvalue weighted by molar-refractivity contribution is 6.31. The molecule has 1 aliphatic rings. The quantitative estimate of drug-likeness (QED) is 0.435. The number of aromatic nitrogens is 3. The number of aliphatic hydroxyl groups excluding tert-OH is 1. The fourth-order valence-corrected chi connectivity index (χ4v) is 4.68. The van der Waals surface area contributed by atoms with E-state index in [1.807, 2.05) is 31.3 Å². The van der Waals surface area contributed by atoms with Gasteiger partial charge < -0.3 is 19.7 Å². The molecule has 1 aliphatic heterocycles. The Labute approximate surface area is 207 Å². The molecule has 0 saturated heterocycles. The van der Waals surface area contributed by atoms with Crippen LogP contribution in [0.4, 0.5) is 5.69 Å². The fourth-order valence-electron chi connectivity index (χ4n) is 4.37. The average molecular weight is 493 g/mol. The van der Waals surface area contributed by atoms with Crippen LogP contribution in [-0.2, 0) is 12.6 Å². The van der Waals surface area contributed by atoms with E-state index >= 15 is 0 Å². The number of pyridine rings is 1. The number of benzene rings is 2. The summed E-state index contributed by atoms with van der Waals surface area (Å²) < 4.78 is 1.76. The van der Waals surface area contributed by atoms with E-state index in [-0.39, 0.29) is 0 Å². The third-order valence-electron chi connectivity index (χ3n) is 6.22. The van der Waals surface area contributed by atoms with Gasteiger partial charge in [-0.25, -0.2) is 4.98 Å². The topological polar surface area (TPSA) is 74.4 Å². The molecule has 8 heteroatoms. The largest absolute Gasteiger partial charge is 0.373 e. The minimum Gasteiger partial charge on any atom is -0.373 e. The molecule has 2 unspecified atom stereocenters. The Balaban J connectivity index is 1.75. The van der Waals surface area contributed by atoms with E-state index in [2.05, 4.69) is 9.97 Å².